The van der Waals surface area contributed by atoms with Crippen LogP contribution in [-0.2, 0) is 4.79 Å². The highest BCUT2D eigenvalue weighted by molar-refractivity contribution is 5.82. The monoisotopic (exact) mass is 209 g/mol. The van der Waals surface area contributed by atoms with Gasteiger partial charge in [-0.3, -0.25) is 4.79 Å². The number of rotatable bonds is 4. The Balaban J connectivity index is 2.78. The second-order valence-corrected chi connectivity index (χ2v) is 3.40. The molecule has 0 saturated carbocycles. The fraction of sp³-hybridized carbons (Fsp3) is 0.444. The van der Waals surface area contributed by atoms with Crippen molar-refractivity contribution < 1.29 is 4.79 Å². The molecule has 0 radical (unpaired) electrons. The number of amides is 1. The van der Waals surface area contributed by atoms with Crippen LogP contribution in [-0.4, -0.2) is 36.0 Å². The number of hydrogen-bond donors (Lipinski definition) is 2. The molecule has 0 fully saturated rings. The van der Waals surface area contributed by atoms with Gasteiger partial charge in [0.05, 0.1) is 0 Å². The minimum Gasteiger partial charge on any atom is -0.368 e. The van der Waals surface area contributed by atoms with E-state index in [0.29, 0.717) is 11.8 Å². The van der Waals surface area contributed by atoms with Crippen molar-refractivity contribution in [2.24, 2.45) is 5.73 Å². The van der Waals surface area contributed by atoms with Gasteiger partial charge in [0.15, 0.2) is 0 Å². The van der Waals surface area contributed by atoms with Crippen molar-refractivity contribution in [3.05, 3.63) is 12.3 Å². The van der Waals surface area contributed by atoms with Crippen LogP contribution < -0.4 is 16.0 Å². The van der Waals surface area contributed by atoms with Crippen LogP contribution in [0.5, 0.6) is 0 Å². The van der Waals surface area contributed by atoms with Crippen molar-refractivity contribution in [1.82, 2.24) is 9.97 Å². The van der Waals surface area contributed by atoms with Crippen LogP contribution in [0.25, 0.3) is 0 Å². The van der Waals surface area contributed by atoms with Crippen molar-refractivity contribution in [3.63, 3.8) is 0 Å². The molecule has 1 aromatic heterocycles. The van der Waals surface area contributed by atoms with E-state index in [2.05, 4.69) is 15.3 Å². The van der Waals surface area contributed by atoms with Crippen molar-refractivity contribution in [3.8, 4) is 0 Å². The summed E-state index contributed by atoms with van der Waals surface area (Å²) in [4.78, 5) is 20.8. The van der Waals surface area contributed by atoms with Crippen LogP contribution in [0, 0.1) is 0 Å². The van der Waals surface area contributed by atoms with E-state index in [1.54, 1.807) is 24.1 Å². The highest BCUT2D eigenvalue weighted by Crippen LogP contribution is 2.08. The van der Waals surface area contributed by atoms with E-state index < -0.39 is 11.9 Å². The molecule has 0 saturated heterocycles. The van der Waals surface area contributed by atoms with E-state index >= 15 is 0 Å². The second-order valence-electron chi connectivity index (χ2n) is 3.40. The largest absolute Gasteiger partial charge is 0.368 e. The molecule has 6 nitrogen and oxygen atoms in total. The quantitative estimate of drug-likeness (QED) is 0.719. The number of nitrogens with one attached hydrogen (secondary N) is 1. The number of aromatic nitrogens is 2. The van der Waals surface area contributed by atoms with E-state index in [0.717, 1.165) is 0 Å². The highest BCUT2D eigenvalue weighted by Gasteiger charge is 2.09. The van der Waals surface area contributed by atoms with E-state index in [1.165, 1.54) is 0 Å². The summed E-state index contributed by atoms with van der Waals surface area (Å²) in [6.45, 7) is 1.68. The zero-order valence-corrected chi connectivity index (χ0v) is 9.06. The van der Waals surface area contributed by atoms with Gasteiger partial charge in [-0.1, -0.05) is 0 Å². The van der Waals surface area contributed by atoms with Crippen LogP contribution in [0.3, 0.4) is 0 Å². The molecule has 1 atom stereocenters. The first-order valence-electron chi connectivity index (χ1n) is 4.57. The molecule has 0 aliphatic heterocycles. The Morgan fingerprint density at radius 2 is 2.27 bits per heavy atom. The Labute approximate surface area is 88.5 Å². The first kappa shape index (κ1) is 11.2. The summed E-state index contributed by atoms with van der Waals surface area (Å²) in [6, 6.07) is 1.24. The molecule has 82 valence electrons. The lowest BCUT2D eigenvalue weighted by Crippen LogP contribution is -2.32. The minimum absolute atomic E-state index is 0.417. The normalized spacial score (nSPS) is 11.9. The van der Waals surface area contributed by atoms with E-state index in [1.807, 2.05) is 14.1 Å². The Bertz CT molecular complexity index is 352. The summed E-state index contributed by atoms with van der Waals surface area (Å²) < 4.78 is 0. The van der Waals surface area contributed by atoms with E-state index in [4.69, 9.17) is 5.73 Å². The van der Waals surface area contributed by atoms with Gasteiger partial charge in [0, 0.05) is 20.3 Å². The summed E-state index contributed by atoms with van der Waals surface area (Å²) in [5.74, 6) is 0.747. The fourth-order valence-electron chi connectivity index (χ4n) is 0.937. The molecule has 1 aromatic rings. The third kappa shape index (κ3) is 3.08. The van der Waals surface area contributed by atoms with Crippen molar-refractivity contribution in [2.75, 3.05) is 24.3 Å². The number of carbonyl (C=O) groups is 1. The minimum atomic E-state index is -0.449. The van der Waals surface area contributed by atoms with Crippen LogP contribution in [0.2, 0.25) is 0 Å². The van der Waals surface area contributed by atoms with Gasteiger partial charge in [-0.05, 0) is 13.0 Å². The number of carbonyl (C=O) groups excluding carboxylic acids is 1. The third-order valence-electron chi connectivity index (χ3n) is 1.83. The number of anilines is 2. The molecule has 15 heavy (non-hydrogen) atoms. The lowest BCUT2D eigenvalue weighted by Gasteiger charge is -2.13. The lowest BCUT2D eigenvalue weighted by molar-refractivity contribution is -0.118. The predicted molar refractivity (Wildman–Crippen MR) is 58.6 cm³/mol. The maximum absolute atomic E-state index is 10.8. The lowest BCUT2D eigenvalue weighted by atomic mass is 10.3. The van der Waals surface area contributed by atoms with Gasteiger partial charge >= 0.3 is 0 Å². The summed E-state index contributed by atoms with van der Waals surface area (Å²) >= 11 is 0. The van der Waals surface area contributed by atoms with Gasteiger partial charge in [-0.25, -0.2) is 4.98 Å². The summed E-state index contributed by atoms with van der Waals surface area (Å²) in [5.41, 5.74) is 5.13. The number of hydrogen-bond acceptors (Lipinski definition) is 5. The van der Waals surface area contributed by atoms with Gasteiger partial charge < -0.3 is 16.0 Å². The van der Waals surface area contributed by atoms with Gasteiger partial charge in [0.2, 0.25) is 11.9 Å². The van der Waals surface area contributed by atoms with Gasteiger partial charge in [0.25, 0.3) is 0 Å². The van der Waals surface area contributed by atoms with E-state index in [-0.39, 0.29) is 0 Å². The van der Waals surface area contributed by atoms with Crippen molar-refractivity contribution >= 4 is 17.7 Å². The first-order chi connectivity index (χ1) is 7.00. The Hall–Kier alpha value is -1.85. The van der Waals surface area contributed by atoms with Crippen LogP contribution in [0.1, 0.15) is 6.92 Å². The molecule has 1 heterocycles. The van der Waals surface area contributed by atoms with Crippen LogP contribution in [0.4, 0.5) is 11.8 Å². The molecule has 0 aromatic carbocycles. The molecule has 6 heteroatoms. The Morgan fingerprint density at radius 3 is 2.80 bits per heavy atom. The zero-order chi connectivity index (χ0) is 11.4. The van der Waals surface area contributed by atoms with Crippen LogP contribution in [0.15, 0.2) is 12.3 Å². The van der Waals surface area contributed by atoms with Crippen molar-refractivity contribution in [2.45, 2.75) is 13.0 Å². The standard InChI is InChI=1S/C9H15N5O/c1-6(8(10)15)12-7-4-5-11-9(13-7)14(2)3/h4-6H,1-3H3,(H2,10,15)(H,11,12,13). The molecule has 1 unspecified atom stereocenters. The fourth-order valence-corrected chi connectivity index (χ4v) is 0.937. The van der Waals surface area contributed by atoms with Gasteiger partial charge in [0.1, 0.15) is 11.9 Å². The average molecular weight is 209 g/mol. The summed E-state index contributed by atoms with van der Waals surface area (Å²) in [7, 11) is 3.69. The highest BCUT2D eigenvalue weighted by atomic mass is 16.1. The zero-order valence-electron chi connectivity index (χ0n) is 9.06. The SMILES string of the molecule is CC(Nc1ccnc(N(C)C)n1)C(N)=O. The molecule has 0 aliphatic carbocycles. The number of nitrogens with zero attached hydrogens (tertiary/aromatic N) is 3. The number of primary amides is 1. The van der Waals surface area contributed by atoms with Gasteiger partial charge in [-0.2, -0.15) is 4.98 Å². The smallest absolute Gasteiger partial charge is 0.239 e. The maximum Gasteiger partial charge on any atom is 0.239 e. The molecule has 1 rings (SSSR count). The predicted octanol–water partition coefficient (Wildman–Crippen LogP) is -0.172. The first-order valence-corrected chi connectivity index (χ1v) is 4.57. The maximum atomic E-state index is 10.8. The molecule has 0 aliphatic rings. The molecule has 3 N–H and O–H groups in total. The third-order valence-corrected chi connectivity index (χ3v) is 1.83. The summed E-state index contributed by atoms with van der Waals surface area (Å²) in [6.07, 6.45) is 1.62. The molecular weight excluding hydrogens is 194 g/mol. The van der Waals surface area contributed by atoms with Crippen LogP contribution >= 0.6 is 0 Å². The topological polar surface area (TPSA) is 84.1 Å². The molecule has 0 bridgehead atoms. The Kier molecular flexibility index (Phi) is 3.43. The number of nitrogens with two attached hydrogens (primary N) is 1. The Morgan fingerprint density at radius 1 is 1.60 bits per heavy atom. The molecule has 1 amide bonds. The van der Waals surface area contributed by atoms with E-state index in [9.17, 15) is 4.79 Å². The van der Waals surface area contributed by atoms with Crippen molar-refractivity contribution in [1.29, 1.82) is 0 Å². The second kappa shape index (κ2) is 4.59. The molecule has 0 spiro atoms. The average Bonchev–Trinajstić information content (AvgIpc) is 2.18. The summed E-state index contributed by atoms with van der Waals surface area (Å²) in [5, 5.41) is 2.88. The molecular formula is C9H15N5O. The van der Waals surface area contributed by atoms with Gasteiger partial charge in [-0.15, -0.1) is 0 Å².